The van der Waals surface area contributed by atoms with Gasteiger partial charge in [0.05, 0.1) is 5.69 Å². The Balaban J connectivity index is 1.70. The zero-order chi connectivity index (χ0) is 15.4. The van der Waals surface area contributed by atoms with Gasteiger partial charge in [-0.05, 0) is 51.3 Å². The van der Waals surface area contributed by atoms with Crippen LogP contribution in [0.1, 0.15) is 37.1 Å². The third-order valence-electron chi connectivity index (χ3n) is 4.18. The van der Waals surface area contributed by atoms with Crippen LogP contribution in [0.25, 0.3) is 11.5 Å². The molecule has 1 heterocycles. The summed E-state index contributed by atoms with van der Waals surface area (Å²) in [6.45, 7) is 4.14. The lowest BCUT2D eigenvalue weighted by molar-refractivity contribution is 0.226. The summed E-state index contributed by atoms with van der Waals surface area (Å²) in [7, 11) is 0. The Morgan fingerprint density at radius 3 is 2.68 bits per heavy atom. The van der Waals surface area contributed by atoms with Crippen LogP contribution in [0, 0.1) is 6.92 Å². The first-order valence-corrected chi connectivity index (χ1v) is 8.14. The van der Waals surface area contributed by atoms with E-state index in [0.717, 1.165) is 42.9 Å². The van der Waals surface area contributed by atoms with E-state index in [-0.39, 0.29) is 6.61 Å². The van der Waals surface area contributed by atoms with E-state index >= 15 is 0 Å². The molecule has 0 amide bonds. The summed E-state index contributed by atoms with van der Waals surface area (Å²) in [4.78, 5) is 7.18. The lowest BCUT2D eigenvalue weighted by Crippen LogP contribution is -2.27. The zero-order valence-corrected chi connectivity index (χ0v) is 13.2. The molecule has 1 N–H and O–H groups in total. The highest BCUT2D eigenvalue weighted by molar-refractivity contribution is 5.53. The predicted octanol–water partition coefficient (Wildman–Crippen LogP) is 3.39. The van der Waals surface area contributed by atoms with Crippen LogP contribution >= 0.6 is 0 Å². The van der Waals surface area contributed by atoms with Gasteiger partial charge in [-0.15, -0.1) is 0 Å². The minimum Gasteiger partial charge on any atom is -0.441 e. The van der Waals surface area contributed by atoms with E-state index in [4.69, 9.17) is 14.5 Å². The van der Waals surface area contributed by atoms with Gasteiger partial charge in [0.25, 0.3) is 0 Å². The number of aliphatic hydroxyl groups excluding tert-OH is 1. The van der Waals surface area contributed by atoms with Crippen LogP contribution in [0.4, 0.5) is 0 Å². The number of nitrogens with zero attached hydrogens (tertiary/aromatic N) is 2. The highest BCUT2D eigenvalue weighted by Gasteiger charge is 2.29. The van der Waals surface area contributed by atoms with Crippen molar-refractivity contribution in [3.8, 4) is 11.5 Å². The number of benzene rings is 1. The maximum absolute atomic E-state index is 8.95. The van der Waals surface area contributed by atoms with Crippen LogP contribution in [0.5, 0.6) is 0 Å². The minimum atomic E-state index is 0.277. The molecule has 0 radical (unpaired) electrons. The van der Waals surface area contributed by atoms with Crippen molar-refractivity contribution in [2.24, 2.45) is 0 Å². The van der Waals surface area contributed by atoms with Crippen molar-refractivity contribution >= 4 is 0 Å². The number of oxazole rings is 1. The highest BCUT2D eigenvalue weighted by atomic mass is 16.4. The maximum atomic E-state index is 8.95. The summed E-state index contributed by atoms with van der Waals surface area (Å²) in [5.74, 6) is 1.62. The maximum Gasteiger partial charge on any atom is 0.226 e. The van der Waals surface area contributed by atoms with Gasteiger partial charge in [-0.3, -0.25) is 4.90 Å². The van der Waals surface area contributed by atoms with E-state index in [0.29, 0.717) is 11.9 Å². The second kappa shape index (κ2) is 7.07. The van der Waals surface area contributed by atoms with Crippen LogP contribution in [-0.2, 0) is 6.54 Å². The molecule has 1 saturated carbocycles. The fourth-order valence-electron chi connectivity index (χ4n) is 2.73. The molecule has 0 aliphatic heterocycles. The van der Waals surface area contributed by atoms with Gasteiger partial charge >= 0.3 is 0 Å². The summed E-state index contributed by atoms with van der Waals surface area (Å²) in [5, 5.41) is 8.95. The molecule has 0 bridgehead atoms. The lowest BCUT2D eigenvalue weighted by atomic mass is 10.2. The second-order valence-electron chi connectivity index (χ2n) is 6.02. The van der Waals surface area contributed by atoms with Gasteiger partial charge in [0.15, 0.2) is 0 Å². The summed E-state index contributed by atoms with van der Waals surface area (Å²) < 4.78 is 5.85. The molecule has 2 aromatic rings. The molecule has 4 heteroatoms. The van der Waals surface area contributed by atoms with E-state index in [1.54, 1.807) is 0 Å². The third kappa shape index (κ3) is 3.76. The van der Waals surface area contributed by atoms with Crippen LogP contribution in [-0.4, -0.2) is 34.2 Å². The fourth-order valence-corrected chi connectivity index (χ4v) is 2.73. The molecule has 4 nitrogen and oxygen atoms in total. The molecule has 1 aliphatic carbocycles. The average molecular weight is 300 g/mol. The van der Waals surface area contributed by atoms with Crippen molar-refractivity contribution in [2.75, 3.05) is 13.2 Å². The average Bonchev–Trinajstić information content (AvgIpc) is 3.32. The van der Waals surface area contributed by atoms with Crippen molar-refractivity contribution < 1.29 is 9.52 Å². The van der Waals surface area contributed by atoms with Gasteiger partial charge in [-0.1, -0.05) is 18.2 Å². The van der Waals surface area contributed by atoms with Gasteiger partial charge in [-0.2, -0.15) is 0 Å². The molecule has 1 aromatic heterocycles. The Morgan fingerprint density at radius 2 is 2.00 bits per heavy atom. The Kier molecular flexibility index (Phi) is 4.90. The Morgan fingerprint density at radius 1 is 1.23 bits per heavy atom. The predicted molar refractivity (Wildman–Crippen MR) is 86.4 cm³/mol. The van der Waals surface area contributed by atoms with E-state index < -0.39 is 0 Å². The third-order valence-corrected chi connectivity index (χ3v) is 4.18. The monoisotopic (exact) mass is 300 g/mol. The quantitative estimate of drug-likeness (QED) is 0.759. The first kappa shape index (κ1) is 15.3. The largest absolute Gasteiger partial charge is 0.441 e. The zero-order valence-electron chi connectivity index (χ0n) is 13.2. The standard InChI is InChI=1S/C18H24N2O2/c1-14-17(13-20(16-9-10-16)11-5-6-12-21)19-18(22-14)15-7-3-2-4-8-15/h2-4,7-8,16,21H,5-6,9-13H2,1H3. The molecule has 1 aromatic carbocycles. The van der Waals surface area contributed by atoms with Crippen LogP contribution < -0.4 is 0 Å². The summed E-state index contributed by atoms with van der Waals surface area (Å²) in [6, 6.07) is 10.7. The summed E-state index contributed by atoms with van der Waals surface area (Å²) >= 11 is 0. The number of aliphatic hydroxyl groups is 1. The molecule has 0 atom stereocenters. The molecular formula is C18H24N2O2. The number of unbranched alkanes of at least 4 members (excludes halogenated alkanes) is 1. The number of rotatable bonds is 8. The van der Waals surface area contributed by atoms with Crippen LogP contribution in [0.15, 0.2) is 34.7 Å². The molecule has 1 fully saturated rings. The van der Waals surface area contributed by atoms with Crippen molar-refractivity contribution in [2.45, 2.75) is 45.2 Å². The molecule has 118 valence electrons. The molecule has 0 saturated heterocycles. The second-order valence-corrected chi connectivity index (χ2v) is 6.02. The lowest BCUT2D eigenvalue weighted by Gasteiger charge is -2.20. The molecule has 0 spiro atoms. The van der Waals surface area contributed by atoms with E-state index in [9.17, 15) is 0 Å². The Bertz CT molecular complexity index is 590. The molecule has 3 rings (SSSR count). The van der Waals surface area contributed by atoms with Crippen LogP contribution in [0.2, 0.25) is 0 Å². The smallest absolute Gasteiger partial charge is 0.226 e. The van der Waals surface area contributed by atoms with E-state index in [1.165, 1.54) is 12.8 Å². The van der Waals surface area contributed by atoms with Gasteiger partial charge in [0.1, 0.15) is 5.76 Å². The van der Waals surface area contributed by atoms with Crippen molar-refractivity contribution in [1.29, 1.82) is 0 Å². The molecule has 1 aliphatic rings. The molecular weight excluding hydrogens is 276 g/mol. The van der Waals surface area contributed by atoms with Crippen molar-refractivity contribution in [3.63, 3.8) is 0 Å². The minimum absolute atomic E-state index is 0.277. The Hall–Kier alpha value is -1.65. The normalized spacial score (nSPS) is 14.7. The van der Waals surface area contributed by atoms with Gasteiger partial charge in [0.2, 0.25) is 5.89 Å². The van der Waals surface area contributed by atoms with Crippen molar-refractivity contribution in [3.05, 3.63) is 41.8 Å². The fraction of sp³-hybridized carbons (Fsp3) is 0.500. The SMILES string of the molecule is Cc1oc(-c2ccccc2)nc1CN(CCCCO)C1CC1. The molecule has 0 unspecified atom stereocenters. The molecule has 22 heavy (non-hydrogen) atoms. The van der Waals surface area contributed by atoms with Crippen LogP contribution in [0.3, 0.4) is 0 Å². The number of aromatic nitrogens is 1. The van der Waals surface area contributed by atoms with E-state index in [1.807, 2.05) is 37.3 Å². The van der Waals surface area contributed by atoms with Gasteiger partial charge < -0.3 is 9.52 Å². The van der Waals surface area contributed by atoms with Crippen molar-refractivity contribution in [1.82, 2.24) is 9.88 Å². The van der Waals surface area contributed by atoms with E-state index in [2.05, 4.69) is 4.90 Å². The number of hydrogen-bond donors (Lipinski definition) is 1. The summed E-state index contributed by atoms with van der Waals surface area (Å²) in [6.07, 6.45) is 4.47. The first-order chi connectivity index (χ1) is 10.8. The highest BCUT2D eigenvalue weighted by Crippen LogP contribution is 2.30. The summed E-state index contributed by atoms with van der Waals surface area (Å²) in [5.41, 5.74) is 2.06. The number of aryl methyl sites for hydroxylation is 1. The van der Waals surface area contributed by atoms with Gasteiger partial charge in [-0.25, -0.2) is 4.98 Å². The Labute approximate surface area is 131 Å². The first-order valence-electron chi connectivity index (χ1n) is 8.14. The number of hydrogen-bond acceptors (Lipinski definition) is 4. The van der Waals surface area contributed by atoms with Gasteiger partial charge in [0, 0.05) is 24.8 Å². The topological polar surface area (TPSA) is 49.5 Å².